The van der Waals surface area contributed by atoms with E-state index in [1.807, 2.05) is 0 Å². The van der Waals surface area contributed by atoms with Crippen LogP contribution < -0.4 is 15.4 Å². The minimum atomic E-state index is -3.47. The fourth-order valence-electron chi connectivity index (χ4n) is 3.30. The van der Waals surface area contributed by atoms with E-state index in [0.717, 1.165) is 24.2 Å². The molecule has 0 bridgehead atoms. The molecule has 3 heterocycles. The number of rotatable bonds is 5. The highest BCUT2D eigenvalue weighted by molar-refractivity contribution is 7.91. The van der Waals surface area contributed by atoms with Gasteiger partial charge in [-0.05, 0) is 50.1 Å². The Kier molecular flexibility index (Phi) is 5.32. The van der Waals surface area contributed by atoms with Gasteiger partial charge in [-0.3, -0.25) is 9.59 Å². The largest absolute Gasteiger partial charge is 0.479 e. The van der Waals surface area contributed by atoms with E-state index in [2.05, 4.69) is 10.6 Å². The highest BCUT2D eigenvalue weighted by Gasteiger charge is 2.28. The lowest BCUT2D eigenvalue weighted by Crippen LogP contribution is -2.34. The summed E-state index contributed by atoms with van der Waals surface area (Å²) < 4.78 is 32.5. The molecule has 4 rings (SSSR count). The van der Waals surface area contributed by atoms with Crippen LogP contribution in [0.4, 0.5) is 11.4 Å². The van der Waals surface area contributed by atoms with Crippen LogP contribution in [0.15, 0.2) is 34.5 Å². The van der Waals surface area contributed by atoms with Crippen LogP contribution in [0.25, 0.3) is 0 Å². The highest BCUT2D eigenvalue weighted by Crippen LogP contribution is 2.32. The number of fused-ring (bicyclic) bond motifs is 1. The molecule has 0 radical (unpaired) electrons. The predicted molar refractivity (Wildman–Crippen MR) is 110 cm³/mol. The van der Waals surface area contributed by atoms with Crippen molar-refractivity contribution in [3.05, 3.63) is 35.2 Å². The first kappa shape index (κ1) is 19.9. The van der Waals surface area contributed by atoms with Gasteiger partial charge in [0.15, 0.2) is 6.10 Å². The van der Waals surface area contributed by atoms with E-state index in [0.29, 0.717) is 35.1 Å². The molecule has 0 aliphatic carbocycles. The second kappa shape index (κ2) is 7.77. The lowest BCUT2D eigenvalue weighted by atomic mass is 10.2. The molecule has 8 nitrogen and oxygen atoms in total. The molecule has 2 N–H and O–H groups in total. The minimum Gasteiger partial charge on any atom is -0.479 e. The standard InChI is InChI=1S/C19H21N3O5S2/c1-12-19(24)21-15-10-13(4-6-16(15)27-12)20-17(23)11-14-5-7-18(28-14)29(25,26)22-8-2-3-9-22/h4-7,10,12H,2-3,8-9,11H2,1H3,(H,20,23)(H,21,24). The van der Waals surface area contributed by atoms with Gasteiger partial charge < -0.3 is 15.4 Å². The van der Waals surface area contributed by atoms with Gasteiger partial charge in [0, 0.05) is 23.7 Å². The number of benzene rings is 1. The summed E-state index contributed by atoms with van der Waals surface area (Å²) in [7, 11) is -3.47. The van der Waals surface area contributed by atoms with Crippen molar-refractivity contribution >= 4 is 44.5 Å². The Labute approximate surface area is 172 Å². The highest BCUT2D eigenvalue weighted by atomic mass is 32.2. The molecule has 154 valence electrons. The lowest BCUT2D eigenvalue weighted by molar-refractivity contribution is -0.122. The SMILES string of the molecule is CC1Oc2ccc(NC(=O)Cc3ccc(S(=O)(=O)N4CCCC4)s3)cc2NC1=O. The Hall–Kier alpha value is -2.43. The number of thiophene rings is 1. The number of ether oxygens (including phenoxy) is 1. The molecule has 1 unspecified atom stereocenters. The second-order valence-corrected chi connectivity index (χ2v) is 10.4. The lowest BCUT2D eigenvalue weighted by Gasteiger charge is -2.23. The van der Waals surface area contributed by atoms with Crippen molar-refractivity contribution in [2.45, 2.75) is 36.5 Å². The van der Waals surface area contributed by atoms with Gasteiger partial charge in [0.25, 0.3) is 15.9 Å². The maximum Gasteiger partial charge on any atom is 0.265 e. The van der Waals surface area contributed by atoms with Crippen LogP contribution in [0.3, 0.4) is 0 Å². The second-order valence-electron chi connectivity index (χ2n) is 7.02. The Morgan fingerprint density at radius 2 is 2.03 bits per heavy atom. The zero-order chi connectivity index (χ0) is 20.6. The summed E-state index contributed by atoms with van der Waals surface area (Å²) in [5.41, 5.74) is 1.02. The normalized spacial score (nSPS) is 19.3. The number of amides is 2. The molecule has 1 aromatic heterocycles. The van der Waals surface area contributed by atoms with Crippen molar-refractivity contribution in [2.75, 3.05) is 23.7 Å². The Morgan fingerprint density at radius 3 is 2.79 bits per heavy atom. The van der Waals surface area contributed by atoms with E-state index in [9.17, 15) is 18.0 Å². The zero-order valence-corrected chi connectivity index (χ0v) is 17.4. The summed E-state index contributed by atoms with van der Waals surface area (Å²) in [5.74, 6) is 0.0322. The summed E-state index contributed by atoms with van der Waals surface area (Å²) in [5, 5.41) is 5.51. The first-order chi connectivity index (χ1) is 13.8. The van der Waals surface area contributed by atoms with Crippen LogP contribution in [0.1, 0.15) is 24.6 Å². The molecule has 10 heteroatoms. The smallest absolute Gasteiger partial charge is 0.265 e. The molecule has 29 heavy (non-hydrogen) atoms. The fourth-order valence-corrected chi connectivity index (χ4v) is 6.32. The molecule has 2 aromatic rings. The van der Waals surface area contributed by atoms with Crippen molar-refractivity contribution in [3.8, 4) is 5.75 Å². The van der Waals surface area contributed by atoms with Crippen LogP contribution in [-0.2, 0) is 26.0 Å². The predicted octanol–water partition coefficient (Wildman–Crippen LogP) is 2.43. The molecular weight excluding hydrogens is 414 g/mol. The summed E-state index contributed by atoms with van der Waals surface area (Å²) in [6.45, 7) is 2.76. The van der Waals surface area contributed by atoms with E-state index in [-0.39, 0.29) is 22.4 Å². The number of sulfonamides is 1. The maximum absolute atomic E-state index is 12.6. The molecule has 1 atom stereocenters. The van der Waals surface area contributed by atoms with Gasteiger partial charge >= 0.3 is 0 Å². The summed E-state index contributed by atoms with van der Waals surface area (Å²) in [6, 6.07) is 8.25. The van der Waals surface area contributed by atoms with Gasteiger partial charge in [-0.15, -0.1) is 11.3 Å². The van der Waals surface area contributed by atoms with E-state index in [1.165, 1.54) is 4.31 Å². The average molecular weight is 436 g/mol. The van der Waals surface area contributed by atoms with Crippen molar-refractivity contribution in [2.24, 2.45) is 0 Å². The number of anilines is 2. The van der Waals surface area contributed by atoms with Gasteiger partial charge in [0.2, 0.25) is 5.91 Å². The maximum atomic E-state index is 12.6. The molecule has 1 fully saturated rings. The van der Waals surface area contributed by atoms with Crippen molar-refractivity contribution in [1.29, 1.82) is 0 Å². The van der Waals surface area contributed by atoms with Gasteiger partial charge in [-0.1, -0.05) is 0 Å². The number of carbonyl (C=O) groups is 2. The van der Waals surface area contributed by atoms with Crippen LogP contribution in [0.2, 0.25) is 0 Å². The van der Waals surface area contributed by atoms with E-state index in [1.54, 1.807) is 37.3 Å². The van der Waals surface area contributed by atoms with Gasteiger partial charge in [-0.25, -0.2) is 8.42 Å². The van der Waals surface area contributed by atoms with Crippen LogP contribution in [-0.4, -0.2) is 43.7 Å². The van der Waals surface area contributed by atoms with Gasteiger partial charge in [-0.2, -0.15) is 4.31 Å². The summed E-state index contributed by atoms with van der Waals surface area (Å²) in [4.78, 5) is 24.8. The zero-order valence-electron chi connectivity index (χ0n) is 15.8. The summed E-state index contributed by atoms with van der Waals surface area (Å²) >= 11 is 1.12. The Bertz CT molecular complexity index is 1060. The first-order valence-electron chi connectivity index (χ1n) is 9.33. The number of hydrogen-bond acceptors (Lipinski definition) is 6. The number of nitrogens with zero attached hydrogens (tertiary/aromatic N) is 1. The number of carbonyl (C=O) groups excluding carboxylic acids is 2. The van der Waals surface area contributed by atoms with Crippen molar-refractivity contribution < 1.29 is 22.7 Å². The molecule has 0 saturated carbocycles. The third-order valence-electron chi connectivity index (χ3n) is 4.83. The molecule has 1 saturated heterocycles. The molecule has 2 aliphatic rings. The molecule has 1 aromatic carbocycles. The topological polar surface area (TPSA) is 105 Å². The molecular formula is C19H21N3O5S2. The number of hydrogen-bond donors (Lipinski definition) is 2. The van der Waals surface area contributed by atoms with E-state index < -0.39 is 16.1 Å². The fraction of sp³-hybridized carbons (Fsp3) is 0.368. The van der Waals surface area contributed by atoms with Crippen LogP contribution in [0.5, 0.6) is 5.75 Å². The van der Waals surface area contributed by atoms with Crippen molar-refractivity contribution in [3.63, 3.8) is 0 Å². The first-order valence-corrected chi connectivity index (χ1v) is 11.6. The van der Waals surface area contributed by atoms with Crippen molar-refractivity contribution in [1.82, 2.24) is 4.31 Å². The third kappa shape index (κ3) is 4.14. The quantitative estimate of drug-likeness (QED) is 0.751. The molecule has 0 spiro atoms. The van der Waals surface area contributed by atoms with Crippen LogP contribution in [0, 0.1) is 0 Å². The molecule has 2 aliphatic heterocycles. The molecule has 2 amide bonds. The summed E-state index contributed by atoms with van der Waals surface area (Å²) in [6.07, 6.45) is 1.26. The third-order valence-corrected chi connectivity index (χ3v) is 8.28. The monoisotopic (exact) mass is 435 g/mol. The van der Waals surface area contributed by atoms with E-state index >= 15 is 0 Å². The van der Waals surface area contributed by atoms with Crippen LogP contribution >= 0.6 is 11.3 Å². The van der Waals surface area contributed by atoms with E-state index in [4.69, 9.17) is 4.74 Å². The van der Waals surface area contributed by atoms with Gasteiger partial charge in [0.05, 0.1) is 12.1 Å². The average Bonchev–Trinajstić information content (AvgIpc) is 3.35. The Morgan fingerprint density at radius 1 is 1.28 bits per heavy atom. The minimum absolute atomic E-state index is 0.0666. The van der Waals surface area contributed by atoms with Gasteiger partial charge in [0.1, 0.15) is 9.96 Å². The Balaban J connectivity index is 1.41. The number of nitrogens with one attached hydrogen (secondary N) is 2.